The van der Waals surface area contributed by atoms with Crippen LogP contribution in [0.25, 0.3) is 0 Å². The molecule has 0 aromatic carbocycles. The standard InChI is InChI=1S/C22H32Si.2CH3.Zr/c1-15-13-17-9-5-7-11-19(17)21(15)23(3,4)22-16(2)14-18-10-6-8-12-20(18)22;;;/h5-12,15-22H,13-14H2,1-4H3;2*1H3;/q;2*-1;+2. The summed E-state index contributed by atoms with van der Waals surface area (Å²) in [5, 5.41) is 0. The summed E-state index contributed by atoms with van der Waals surface area (Å²) >= 11 is 0. The SMILES string of the molecule is CC1CC2C=CC=CC2C1[Si](C)(C)C1C(C)CC2C=CC=CC21.[CH3-].[CH3-].[Zr+2]. The minimum atomic E-state index is -1.35. The van der Waals surface area contributed by atoms with Crippen LogP contribution in [0.15, 0.2) is 48.6 Å². The number of allylic oxidation sites excluding steroid dienone is 8. The largest absolute Gasteiger partial charge is 2.00 e. The first-order valence-electron chi connectivity index (χ1n) is 9.70. The zero-order chi connectivity index (χ0) is 16.2. The van der Waals surface area contributed by atoms with Crippen molar-refractivity contribution in [3.63, 3.8) is 0 Å². The molecule has 0 radical (unpaired) electrons. The number of hydrogen-bond donors (Lipinski definition) is 0. The molecule has 0 N–H and O–H groups in total. The van der Waals surface area contributed by atoms with Gasteiger partial charge >= 0.3 is 26.2 Å². The third-order valence-corrected chi connectivity index (χ3v) is 13.0. The second-order valence-corrected chi connectivity index (χ2v) is 14.3. The smallest absolute Gasteiger partial charge is 0.358 e. The molecule has 0 nitrogen and oxygen atoms in total. The van der Waals surface area contributed by atoms with E-state index >= 15 is 0 Å². The summed E-state index contributed by atoms with van der Waals surface area (Å²) in [6, 6.07) is 0. The van der Waals surface area contributed by atoms with Crippen LogP contribution in [-0.2, 0) is 26.2 Å². The van der Waals surface area contributed by atoms with Crippen LogP contribution in [-0.4, -0.2) is 8.07 Å². The van der Waals surface area contributed by atoms with Gasteiger partial charge in [0.15, 0.2) is 0 Å². The summed E-state index contributed by atoms with van der Waals surface area (Å²) in [6.45, 7) is 10.6. The van der Waals surface area contributed by atoms with Gasteiger partial charge in [-0.1, -0.05) is 75.5 Å². The van der Waals surface area contributed by atoms with E-state index in [2.05, 4.69) is 75.5 Å². The molecule has 0 aromatic rings. The molecule has 0 amide bonds. The maximum absolute atomic E-state index is 2.73. The Balaban J connectivity index is 0.00000113. The third-order valence-electron chi connectivity index (χ3n) is 7.66. The Bertz CT molecular complexity index is 535. The molecule has 2 saturated carbocycles. The Morgan fingerprint density at radius 2 is 1.00 bits per heavy atom. The van der Waals surface area contributed by atoms with Crippen LogP contribution in [0.4, 0.5) is 0 Å². The molecule has 0 spiro atoms. The van der Waals surface area contributed by atoms with Gasteiger partial charge in [-0.25, -0.2) is 0 Å². The van der Waals surface area contributed by atoms with Crippen molar-refractivity contribution in [3.8, 4) is 0 Å². The minimum Gasteiger partial charge on any atom is -0.358 e. The fraction of sp³-hybridized carbons (Fsp3) is 0.583. The molecular formula is C24H38SiZr. The Labute approximate surface area is 183 Å². The van der Waals surface area contributed by atoms with Gasteiger partial charge < -0.3 is 14.9 Å². The fourth-order valence-electron chi connectivity index (χ4n) is 7.18. The molecule has 4 rings (SSSR count). The summed E-state index contributed by atoms with van der Waals surface area (Å²) in [7, 11) is -1.35. The maximum Gasteiger partial charge on any atom is 2.00 e. The molecule has 0 aromatic heterocycles. The normalized spacial score (nSPS) is 42.3. The Hall–Kier alpha value is 0.0600. The zero-order valence-electron chi connectivity index (χ0n) is 17.7. The average Bonchev–Trinajstić information content (AvgIpc) is 3.02. The van der Waals surface area contributed by atoms with Gasteiger partial charge in [0.05, 0.1) is 8.07 Å². The summed E-state index contributed by atoms with van der Waals surface area (Å²) in [4.78, 5) is 0. The second kappa shape index (κ2) is 9.04. The van der Waals surface area contributed by atoms with Crippen LogP contribution >= 0.6 is 0 Å². The Morgan fingerprint density at radius 1 is 0.654 bits per heavy atom. The minimum absolute atomic E-state index is 0. The number of fused-ring (bicyclic) bond motifs is 2. The molecule has 4 aliphatic rings. The van der Waals surface area contributed by atoms with Crippen molar-refractivity contribution >= 4 is 8.07 Å². The van der Waals surface area contributed by atoms with Gasteiger partial charge in [0.25, 0.3) is 0 Å². The molecule has 8 unspecified atom stereocenters. The van der Waals surface area contributed by atoms with E-state index in [-0.39, 0.29) is 41.1 Å². The van der Waals surface area contributed by atoms with Gasteiger partial charge in [0, 0.05) is 0 Å². The molecule has 142 valence electrons. The molecule has 4 aliphatic carbocycles. The summed E-state index contributed by atoms with van der Waals surface area (Å²) in [5.41, 5.74) is 1.92. The maximum atomic E-state index is 2.73. The van der Waals surface area contributed by atoms with Crippen molar-refractivity contribution in [3.05, 3.63) is 63.5 Å². The van der Waals surface area contributed by atoms with E-state index in [9.17, 15) is 0 Å². The summed E-state index contributed by atoms with van der Waals surface area (Å²) in [5.74, 6) is 5.08. The van der Waals surface area contributed by atoms with Crippen molar-refractivity contribution in [1.29, 1.82) is 0 Å². The van der Waals surface area contributed by atoms with E-state index in [4.69, 9.17) is 0 Å². The van der Waals surface area contributed by atoms with Crippen LogP contribution in [0.3, 0.4) is 0 Å². The zero-order valence-corrected chi connectivity index (χ0v) is 21.1. The summed E-state index contributed by atoms with van der Waals surface area (Å²) < 4.78 is 0. The van der Waals surface area contributed by atoms with Crippen LogP contribution < -0.4 is 0 Å². The number of rotatable bonds is 2. The topological polar surface area (TPSA) is 0 Å². The molecular weight excluding hydrogens is 408 g/mol. The Kier molecular flexibility index (Phi) is 8.38. The number of hydrogen-bond acceptors (Lipinski definition) is 0. The molecule has 2 heteroatoms. The molecule has 8 atom stereocenters. The molecule has 0 saturated heterocycles. The van der Waals surface area contributed by atoms with Crippen molar-refractivity contribution in [2.45, 2.75) is 50.9 Å². The van der Waals surface area contributed by atoms with E-state index in [0.717, 1.165) is 46.6 Å². The average molecular weight is 446 g/mol. The fourth-order valence-corrected chi connectivity index (χ4v) is 13.5. The van der Waals surface area contributed by atoms with Crippen molar-refractivity contribution < 1.29 is 26.2 Å². The summed E-state index contributed by atoms with van der Waals surface area (Å²) in [6.07, 6.45) is 22.1. The first-order chi connectivity index (χ1) is 11.0. The van der Waals surface area contributed by atoms with Crippen LogP contribution in [0.5, 0.6) is 0 Å². The van der Waals surface area contributed by atoms with E-state index in [1.807, 2.05) is 0 Å². The van der Waals surface area contributed by atoms with Crippen molar-refractivity contribution in [1.82, 2.24) is 0 Å². The van der Waals surface area contributed by atoms with E-state index < -0.39 is 8.07 Å². The van der Waals surface area contributed by atoms with Crippen molar-refractivity contribution in [2.75, 3.05) is 0 Å². The van der Waals surface area contributed by atoms with Gasteiger partial charge in [-0.3, -0.25) is 0 Å². The van der Waals surface area contributed by atoms with Gasteiger partial charge in [-0.05, 0) is 59.4 Å². The van der Waals surface area contributed by atoms with Crippen LogP contribution in [0.2, 0.25) is 24.2 Å². The van der Waals surface area contributed by atoms with E-state index in [1.165, 1.54) is 12.8 Å². The monoisotopic (exact) mass is 444 g/mol. The predicted octanol–water partition coefficient (Wildman–Crippen LogP) is 7.13. The first kappa shape index (κ1) is 24.1. The molecule has 0 bridgehead atoms. The van der Waals surface area contributed by atoms with E-state index in [1.54, 1.807) is 0 Å². The Morgan fingerprint density at radius 3 is 1.38 bits per heavy atom. The van der Waals surface area contributed by atoms with Crippen LogP contribution in [0.1, 0.15) is 26.7 Å². The first-order valence-corrected chi connectivity index (χ1v) is 12.9. The molecule has 0 heterocycles. The van der Waals surface area contributed by atoms with Gasteiger partial charge in [0.1, 0.15) is 0 Å². The van der Waals surface area contributed by atoms with E-state index in [0.29, 0.717) is 0 Å². The second-order valence-electron chi connectivity index (χ2n) is 9.32. The van der Waals surface area contributed by atoms with Gasteiger partial charge in [-0.15, -0.1) is 0 Å². The third kappa shape index (κ3) is 3.80. The van der Waals surface area contributed by atoms with Gasteiger partial charge in [-0.2, -0.15) is 0 Å². The molecule has 0 aliphatic heterocycles. The quantitative estimate of drug-likeness (QED) is 0.313. The van der Waals surface area contributed by atoms with Crippen molar-refractivity contribution in [2.24, 2.45) is 35.5 Å². The molecule has 26 heavy (non-hydrogen) atoms. The van der Waals surface area contributed by atoms with Crippen LogP contribution in [0, 0.1) is 50.4 Å². The van der Waals surface area contributed by atoms with Gasteiger partial charge in [0.2, 0.25) is 0 Å². The molecule has 2 fully saturated rings. The predicted molar refractivity (Wildman–Crippen MR) is 116 cm³/mol.